The molecule has 25 heavy (non-hydrogen) atoms. The summed E-state index contributed by atoms with van der Waals surface area (Å²) in [4.78, 5) is 12.4. The molecular weight excluding hydrogens is 366 g/mol. The fraction of sp³-hybridized carbons (Fsp3) is 0.188. The van der Waals surface area contributed by atoms with Crippen molar-refractivity contribution in [3.63, 3.8) is 0 Å². The van der Waals surface area contributed by atoms with Crippen molar-refractivity contribution in [3.05, 3.63) is 47.5 Å². The van der Waals surface area contributed by atoms with Gasteiger partial charge in [0.15, 0.2) is 6.17 Å². The molecule has 0 saturated heterocycles. The lowest BCUT2D eigenvalue weighted by Gasteiger charge is -2.27. The molecule has 3 N–H and O–H groups in total. The van der Waals surface area contributed by atoms with Gasteiger partial charge in [-0.15, -0.1) is 0 Å². The van der Waals surface area contributed by atoms with Crippen LogP contribution in [0, 0.1) is 0 Å². The van der Waals surface area contributed by atoms with E-state index in [0.717, 1.165) is 0 Å². The molecule has 0 unspecified atom stereocenters. The molecule has 0 aliphatic carbocycles. The minimum Gasteiger partial charge on any atom is -0.494 e. The number of sulfonamides is 1. The first-order valence-corrected chi connectivity index (χ1v) is 9.37. The number of rotatable bonds is 4. The molecule has 1 atom stereocenters. The highest BCUT2D eigenvalue weighted by Gasteiger charge is 2.33. The van der Waals surface area contributed by atoms with Crippen LogP contribution in [-0.2, 0) is 14.8 Å². The molecule has 0 spiro atoms. The lowest BCUT2D eigenvalue weighted by Crippen LogP contribution is -2.51. The Morgan fingerprint density at radius 3 is 2.64 bits per heavy atom. The SMILES string of the molecule is CCOc1ccc(NC(=O)[C@@H]2Nc3ccc(Cl)cc3S(=O)(=O)N2)cc1. The summed E-state index contributed by atoms with van der Waals surface area (Å²) in [5.41, 5.74) is 0.839. The molecule has 2 aromatic rings. The first-order chi connectivity index (χ1) is 11.9. The van der Waals surface area contributed by atoms with Crippen LogP contribution < -0.4 is 20.1 Å². The van der Waals surface area contributed by atoms with Crippen LogP contribution in [0.2, 0.25) is 5.02 Å². The number of benzene rings is 2. The minimum absolute atomic E-state index is 0.00474. The van der Waals surface area contributed by atoms with Gasteiger partial charge in [-0.2, -0.15) is 4.72 Å². The van der Waals surface area contributed by atoms with Gasteiger partial charge in [0.05, 0.1) is 12.3 Å². The van der Waals surface area contributed by atoms with Crippen LogP contribution in [-0.4, -0.2) is 27.1 Å². The Hall–Kier alpha value is -2.29. The monoisotopic (exact) mass is 381 g/mol. The summed E-state index contributed by atoms with van der Waals surface area (Å²) in [5, 5.41) is 5.79. The highest BCUT2D eigenvalue weighted by molar-refractivity contribution is 7.89. The van der Waals surface area contributed by atoms with E-state index in [9.17, 15) is 13.2 Å². The van der Waals surface area contributed by atoms with E-state index in [-0.39, 0.29) is 4.90 Å². The van der Waals surface area contributed by atoms with Crippen LogP contribution in [0.1, 0.15) is 6.92 Å². The van der Waals surface area contributed by atoms with Crippen molar-refractivity contribution in [2.24, 2.45) is 0 Å². The van der Waals surface area contributed by atoms with Gasteiger partial charge >= 0.3 is 0 Å². The first kappa shape index (κ1) is 17.5. The van der Waals surface area contributed by atoms with Crippen molar-refractivity contribution in [1.29, 1.82) is 0 Å². The summed E-state index contributed by atoms with van der Waals surface area (Å²) in [6, 6.07) is 11.2. The summed E-state index contributed by atoms with van der Waals surface area (Å²) in [5.74, 6) is 0.149. The van der Waals surface area contributed by atoms with E-state index >= 15 is 0 Å². The maximum atomic E-state index is 12.4. The molecule has 0 saturated carbocycles. The van der Waals surface area contributed by atoms with E-state index in [1.54, 1.807) is 30.3 Å². The van der Waals surface area contributed by atoms with Crippen molar-refractivity contribution in [1.82, 2.24) is 4.72 Å². The predicted octanol–water partition coefficient (Wildman–Crippen LogP) is 2.41. The van der Waals surface area contributed by atoms with Crippen molar-refractivity contribution in [2.75, 3.05) is 17.2 Å². The van der Waals surface area contributed by atoms with E-state index in [1.807, 2.05) is 6.92 Å². The number of halogens is 1. The normalized spacial score (nSPS) is 17.9. The molecule has 1 amide bonds. The van der Waals surface area contributed by atoms with Crippen molar-refractivity contribution in [2.45, 2.75) is 18.0 Å². The van der Waals surface area contributed by atoms with Crippen LogP contribution >= 0.6 is 11.6 Å². The maximum absolute atomic E-state index is 12.4. The molecule has 0 aromatic heterocycles. The number of fused-ring (bicyclic) bond motifs is 1. The van der Waals surface area contributed by atoms with E-state index in [4.69, 9.17) is 16.3 Å². The molecule has 1 heterocycles. The number of anilines is 2. The smallest absolute Gasteiger partial charge is 0.262 e. The van der Waals surface area contributed by atoms with E-state index in [0.29, 0.717) is 28.8 Å². The van der Waals surface area contributed by atoms with Crippen LogP contribution in [0.15, 0.2) is 47.4 Å². The van der Waals surface area contributed by atoms with Crippen molar-refractivity contribution < 1.29 is 17.9 Å². The second-order valence-corrected chi connectivity index (χ2v) is 7.40. The second-order valence-electron chi connectivity index (χ2n) is 5.29. The molecule has 1 aliphatic rings. The van der Waals surface area contributed by atoms with Crippen LogP contribution in [0.25, 0.3) is 0 Å². The Bertz CT molecular complexity index is 900. The number of carbonyl (C=O) groups is 1. The summed E-state index contributed by atoms with van der Waals surface area (Å²) < 4.78 is 32.2. The van der Waals surface area contributed by atoms with Gasteiger partial charge in [-0.05, 0) is 49.4 Å². The number of amides is 1. The summed E-state index contributed by atoms with van der Waals surface area (Å²) in [6.45, 7) is 2.42. The fourth-order valence-corrected chi connectivity index (χ4v) is 3.91. The Balaban J connectivity index is 1.76. The zero-order valence-electron chi connectivity index (χ0n) is 13.2. The third-order valence-electron chi connectivity index (χ3n) is 3.50. The molecule has 9 heteroatoms. The minimum atomic E-state index is -3.84. The summed E-state index contributed by atoms with van der Waals surface area (Å²) >= 11 is 5.84. The average Bonchev–Trinajstić information content (AvgIpc) is 2.57. The third-order valence-corrected chi connectivity index (χ3v) is 5.20. The Labute approximate surface area is 150 Å². The molecule has 0 bridgehead atoms. The van der Waals surface area contributed by atoms with Gasteiger partial charge < -0.3 is 15.4 Å². The largest absolute Gasteiger partial charge is 0.494 e. The average molecular weight is 382 g/mol. The maximum Gasteiger partial charge on any atom is 0.262 e. The van der Waals surface area contributed by atoms with Crippen molar-refractivity contribution in [3.8, 4) is 5.75 Å². The predicted molar refractivity (Wildman–Crippen MR) is 95.4 cm³/mol. The molecule has 2 aromatic carbocycles. The summed E-state index contributed by atoms with van der Waals surface area (Å²) in [7, 11) is -3.84. The highest BCUT2D eigenvalue weighted by Crippen LogP contribution is 2.29. The first-order valence-electron chi connectivity index (χ1n) is 7.51. The van der Waals surface area contributed by atoms with Gasteiger partial charge in [-0.25, -0.2) is 8.42 Å². The quantitative estimate of drug-likeness (QED) is 0.755. The lowest BCUT2D eigenvalue weighted by molar-refractivity contribution is -0.117. The Kier molecular flexibility index (Phi) is 4.85. The second kappa shape index (κ2) is 6.91. The van der Waals surface area contributed by atoms with Crippen molar-refractivity contribution >= 4 is 38.9 Å². The molecule has 0 fully saturated rings. The Morgan fingerprint density at radius 1 is 1.24 bits per heavy atom. The third kappa shape index (κ3) is 3.87. The molecule has 1 aliphatic heterocycles. The summed E-state index contributed by atoms with van der Waals surface area (Å²) in [6.07, 6.45) is -1.13. The van der Waals surface area contributed by atoms with E-state index < -0.39 is 22.1 Å². The number of nitrogens with one attached hydrogen (secondary N) is 3. The van der Waals surface area contributed by atoms with Crippen LogP contribution in [0.3, 0.4) is 0 Å². The molecular formula is C16H16ClN3O4S. The van der Waals surface area contributed by atoms with E-state index in [1.165, 1.54) is 12.1 Å². The highest BCUT2D eigenvalue weighted by atomic mass is 35.5. The van der Waals surface area contributed by atoms with Gasteiger partial charge in [0.2, 0.25) is 10.0 Å². The molecule has 0 radical (unpaired) electrons. The number of ether oxygens (including phenoxy) is 1. The zero-order chi connectivity index (χ0) is 18.0. The molecule has 7 nitrogen and oxygen atoms in total. The number of carbonyl (C=O) groups excluding carboxylic acids is 1. The Morgan fingerprint density at radius 2 is 1.96 bits per heavy atom. The standard InChI is InChI=1S/C16H16ClN3O4S/c1-2-24-12-6-4-11(5-7-12)18-16(21)15-19-13-8-3-10(17)9-14(13)25(22,23)20-15/h3-9,15,19-20H,2H2,1H3,(H,18,21)/t15-/m1/s1. The topological polar surface area (TPSA) is 96.5 Å². The van der Waals surface area contributed by atoms with Gasteiger partial charge in [0.25, 0.3) is 5.91 Å². The van der Waals surface area contributed by atoms with Gasteiger partial charge in [0, 0.05) is 10.7 Å². The fourth-order valence-electron chi connectivity index (χ4n) is 2.38. The lowest BCUT2D eigenvalue weighted by atomic mass is 10.2. The number of hydrogen-bond acceptors (Lipinski definition) is 5. The van der Waals surface area contributed by atoms with Gasteiger partial charge in [-0.3, -0.25) is 4.79 Å². The van der Waals surface area contributed by atoms with Crippen LogP contribution in [0.4, 0.5) is 11.4 Å². The van der Waals surface area contributed by atoms with Crippen LogP contribution in [0.5, 0.6) is 5.75 Å². The van der Waals surface area contributed by atoms with Gasteiger partial charge in [0.1, 0.15) is 10.6 Å². The van der Waals surface area contributed by atoms with Gasteiger partial charge in [-0.1, -0.05) is 11.6 Å². The van der Waals surface area contributed by atoms with E-state index in [2.05, 4.69) is 15.4 Å². The number of hydrogen-bond donors (Lipinski definition) is 3. The molecule has 132 valence electrons. The molecule has 3 rings (SSSR count). The zero-order valence-corrected chi connectivity index (χ0v) is 14.8.